The van der Waals surface area contributed by atoms with Crippen molar-refractivity contribution in [2.24, 2.45) is 5.14 Å². The summed E-state index contributed by atoms with van der Waals surface area (Å²) < 4.78 is 42.4. The number of hydrogen-bond acceptors (Lipinski definition) is 6. The Labute approximate surface area is 207 Å². The van der Waals surface area contributed by atoms with Crippen molar-refractivity contribution < 1.29 is 22.3 Å². The summed E-state index contributed by atoms with van der Waals surface area (Å²) in [5.41, 5.74) is -1.27. The maximum Gasteiger partial charge on any atom is 0.263 e. The lowest BCUT2D eigenvalue weighted by molar-refractivity contribution is -0.135. The maximum absolute atomic E-state index is 13.6. The lowest BCUT2D eigenvalue weighted by atomic mass is 9.96. The van der Waals surface area contributed by atoms with Gasteiger partial charge in [-0.25, -0.2) is 22.9 Å². The van der Waals surface area contributed by atoms with E-state index < -0.39 is 21.4 Å². The maximum atomic E-state index is 13.6. The zero-order valence-corrected chi connectivity index (χ0v) is 20.9. The van der Waals surface area contributed by atoms with Crippen LogP contribution in [-0.4, -0.2) is 43.0 Å². The van der Waals surface area contributed by atoms with E-state index in [9.17, 15) is 17.6 Å². The topological polar surface area (TPSA) is 115 Å². The van der Waals surface area contributed by atoms with Crippen LogP contribution in [0, 0.1) is 5.82 Å². The summed E-state index contributed by atoms with van der Waals surface area (Å²) in [5.74, 6) is -0.178. The molecule has 0 aliphatic carbocycles. The predicted molar refractivity (Wildman–Crippen MR) is 127 cm³/mol. The van der Waals surface area contributed by atoms with Crippen molar-refractivity contribution in [3.63, 3.8) is 0 Å². The fourth-order valence-electron chi connectivity index (χ4n) is 4.63. The third-order valence-corrected chi connectivity index (χ3v) is 7.75. The van der Waals surface area contributed by atoms with Crippen LogP contribution in [-0.2, 0) is 14.8 Å². The van der Waals surface area contributed by atoms with Gasteiger partial charge in [-0.3, -0.25) is 4.79 Å². The average Bonchev–Trinajstić information content (AvgIpc) is 3.01. The summed E-state index contributed by atoms with van der Waals surface area (Å²) in [6.45, 7) is 3.22. The number of rotatable bonds is 6. The van der Waals surface area contributed by atoms with Gasteiger partial charge in [-0.1, -0.05) is 23.2 Å². The van der Waals surface area contributed by atoms with E-state index in [1.807, 2.05) is 0 Å². The molecule has 4 rings (SSSR count). The highest BCUT2D eigenvalue weighted by Gasteiger charge is 2.43. The number of piperidine rings is 1. The average molecular weight is 531 g/mol. The van der Waals surface area contributed by atoms with Crippen molar-refractivity contribution in [3.05, 3.63) is 46.3 Å². The number of benzene rings is 1. The van der Waals surface area contributed by atoms with Crippen LogP contribution in [0.2, 0.25) is 10.0 Å². The molecule has 3 N–H and O–H groups in total. The number of halogens is 3. The van der Waals surface area contributed by atoms with Crippen molar-refractivity contribution in [2.75, 3.05) is 4.90 Å². The summed E-state index contributed by atoms with van der Waals surface area (Å²) in [4.78, 5) is 19.5. The molecule has 3 heterocycles. The van der Waals surface area contributed by atoms with E-state index in [-0.39, 0.29) is 44.7 Å². The van der Waals surface area contributed by atoms with E-state index in [1.165, 1.54) is 18.3 Å². The molecule has 1 aromatic heterocycles. The second-order valence-corrected chi connectivity index (χ2v) is 11.5. The number of anilines is 1. The fourth-order valence-corrected chi connectivity index (χ4v) is 5.43. The minimum absolute atomic E-state index is 0.0232. The number of pyridine rings is 1. The fraction of sp³-hybridized carbons (Fsp3) is 0.455. The predicted octanol–water partition coefficient (Wildman–Crippen LogP) is 3.65. The number of hydrogen-bond donors (Lipinski definition) is 2. The molecule has 2 aromatic rings. The first-order valence-corrected chi connectivity index (χ1v) is 13.1. The van der Waals surface area contributed by atoms with Gasteiger partial charge >= 0.3 is 0 Å². The lowest BCUT2D eigenvalue weighted by Gasteiger charge is -2.40. The first-order chi connectivity index (χ1) is 15.8. The highest BCUT2D eigenvalue weighted by atomic mass is 35.5. The number of ether oxygens (including phenoxy) is 1. The van der Waals surface area contributed by atoms with Gasteiger partial charge in [-0.2, -0.15) is 0 Å². The van der Waals surface area contributed by atoms with Crippen molar-refractivity contribution >= 4 is 45.0 Å². The summed E-state index contributed by atoms with van der Waals surface area (Å²) in [6, 6.07) is 5.67. The minimum atomic E-state index is -3.80. The van der Waals surface area contributed by atoms with Gasteiger partial charge in [0.05, 0.1) is 10.0 Å². The second kappa shape index (κ2) is 9.14. The van der Waals surface area contributed by atoms with Crippen LogP contribution in [0.3, 0.4) is 0 Å². The molecule has 3 atom stereocenters. The van der Waals surface area contributed by atoms with Crippen LogP contribution in [0.5, 0.6) is 5.75 Å². The largest absolute Gasteiger partial charge is 0.476 e. The van der Waals surface area contributed by atoms with Crippen LogP contribution in [0.25, 0.3) is 0 Å². The number of sulfonamides is 1. The van der Waals surface area contributed by atoms with Crippen molar-refractivity contribution in [1.82, 2.24) is 10.3 Å². The Bertz CT molecular complexity index is 1200. The first-order valence-electron chi connectivity index (χ1n) is 10.8. The molecule has 2 aliphatic rings. The van der Waals surface area contributed by atoms with Crippen LogP contribution in [0.1, 0.15) is 39.5 Å². The molecule has 2 bridgehead atoms. The van der Waals surface area contributed by atoms with E-state index >= 15 is 0 Å². The smallest absolute Gasteiger partial charge is 0.263 e. The number of fused-ring (bicyclic) bond motifs is 2. The van der Waals surface area contributed by atoms with Crippen LogP contribution in [0.4, 0.5) is 10.2 Å². The molecule has 0 saturated carbocycles. The molecule has 2 saturated heterocycles. The Morgan fingerprint density at radius 3 is 2.41 bits per heavy atom. The van der Waals surface area contributed by atoms with E-state index in [4.69, 9.17) is 33.1 Å². The Morgan fingerprint density at radius 2 is 1.85 bits per heavy atom. The van der Waals surface area contributed by atoms with E-state index in [2.05, 4.69) is 15.2 Å². The van der Waals surface area contributed by atoms with E-state index in [1.54, 1.807) is 19.9 Å². The van der Waals surface area contributed by atoms with Crippen molar-refractivity contribution in [3.8, 4) is 5.75 Å². The van der Waals surface area contributed by atoms with Gasteiger partial charge in [0, 0.05) is 30.4 Å². The molecule has 0 spiro atoms. The Morgan fingerprint density at radius 1 is 1.21 bits per heavy atom. The number of aromatic nitrogens is 1. The quantitative estimate of drug-likeness (QED) is 0.550. The van der Waals surface area contributed by atoms with E-state index in [0.717, 1.165) is 18.9 Å². The lowest BCUT2D eigenvalue weighted by Crippen LogP contribution is -2.55. The molecule has 12 heteroatoms. The number of nitrogens with zero attached hydrogens (tertiary/aromatic N) is 2. The molecule has 1 unspecified atom stereocenters. The molecule has 184 valence electrons. The Balaban J connectivity index is 1.42. The van der Waals surface area contributed by atoms with Gasteiger partial charge in [0.2, 0.25) is 10.0 Å². The van der Waals surface area contributed by atoms with Gasteiger partial charge in [-0.05, 0) is 57.7 Å². The van der Waals surface area contributed by atoms with Gasteiger partial charge in [0.25, 0.3) is 5.91 Å². The Hall–Kier alpha value is -2.14. The molecule has 34 heavy (non-hydrogen) atoms. The third-order valence-electron chi connectivity index (χ3n) is 6.27. The second-order valence-electron chi connectivity index (χ2n) is 9.14. The molecule has 0 radical (unpaired) electrons. The van der Waals surface area contributed by atoms with Crippen molar-refractivity contribution in [2.45, 2.75) is 68.2 Å². The number of primary sulfonamides is 1. The standard InChI is InChI=1S/C22H25Cl2FN4O4S/c1-22(2,33-19-10-16(23)18(25)9-17(19)24)21(30)28-12-7-13-3-4-14(8-12)29(13)20-6-5-15(11-27-20)34(26,31)32/h5-6,9-14H,3-4,7-8H2,1-2H3,(H,28,30)(H2,26,31,32)/t12?,13-,14+. The molecular formula is C22H25Cl2FN4O4S. The molecule has 2 aliphatic heterocycles. The number of carbonyl (C=O) groups is 1. The molecule has 2 fully saturated rings. The SMILES string of the molecule is CC(C)(Oc1cc(Cl)c(F)cc1Cl)C(=O)NC1C[C@H]2CC[C@@H](C1)N2c1ccc(S(N)(=O)=O)cn1. The van der Waals surface area contributed by atoms with Crippen LogP contribution in [0.15, 0.2) is 35.4 Å². The molecular weight excluding hydrogens is 506 g/mol. The van der Waals surface area contributed by atoms with E-state index in [0.29, 0.717) is 18.7 Å². The Kier molecular flexibility index (Phi) is 6.71. The highest BCUT2D eigenvalue weighted by molar-refractivity contribution is 7.89. The van der Waals surface area contributed by atoms with Crippen LogP contribution >= 0.6 is 23.2 Å². The number of nitrogens with two attached hydrogens (primary N) is 1. The summed E-state index contributed by atoms with van der Waals surface area (Å²) >= 11 is 11.9. The molecule has 8 nitrogen and oxygen atoms in total. The van der Waals surface area contributed by atoms with Gasteiger partial charge in [0.1, 0.15) is 22.3 Å². The first kappa shape index (κ1) is 25.0. The molecule has 1 aromatic carbocycles. The summed E-state index contributed by atoms with van der Waals surface area (Å²) in [7, 11) is -3.80. The third kappa shape index (κ3) is 5.10. The zero-order chi connectivity index (χ0) is 24.8. The number of carbonyl (C=O) groups excluding carboxylic acids is 1. The van der Waals surface area contributed by atoms with Gasteiger partial charge in [-0.15, -0.1) is 0 Å². The zero-order valence-electron chi connectivity index (χ0n) is 18.6. The number of amides is 1. The summed E-state index contributed by atoms with van der Waals surface area (Å²) in [6.07, 6.45) is 4.57. The minimum Gasteiger partial charge on any atom is -0.476 e. The van der Waals surface area contributed by atoms with Crippen LogP contribution < -0.4 is 20.1 Å². The normalized spacial score (nSPS) is 22.5. The number of nitrogens with one attached hydrogen (secondary N) is 1. The van der Waals surface area contributed by atoms with Gasteiger partial charge < -0.3 is 15.0 Å². The monoisotopic (exact) mass is 530 g/mol. The molecule has 1 amide bonds. The summed E-state index contributed by atoms with van der Waals surface area (Å²) in [5, 5.41) is 8.11. The highest BCUT2D eigenvalue weighted by Crippen LogP contribution is 2.39. The van der Waals surface area contributed by atoms with Gasteiger partial charge in [0.15, 0.2) is 5.60 Å². The van der Waals surface area contributed by atoms with Crippen molar-refractivity contribution in [1.29, 1.82) is 0 Å².